The molecule has 0 aliphatic rings. The van der Waals surface area contributed by atoms with Gasteiger partial charge in [-0.05, 0) is 36.6 Å². The minimum atomic E-state index is -0.444. The number of hydrogen-bond donors (Lipinski definition) is 2. The lowest BCUT2D eigenvalue weighted by Crippen LogP contribution is -2.36. The summed E-state index contributed by atoms with van der Waals surface area (Å²) in [6.45, 7) is 2.32. The van der Waals surface area contributed by atoms with Crippen LogP contribution in [0, 0.1) is 11.2 Å². The largest absolute Gasteiger partial charge is 0.396 e. The zero-order valence-corrected chi connectivity index (χ0v) is 10.8. The lowest BCUT2D eigenvalue weighted by atomic mass is 9.78. The van der Waals surface area contributed by atoms with Crippen LogP contribution in [0.1, 0.15) is 25.3 Å². The summed E-state index contributed by atoms with van der Waals surface area (Å²) in [6.07, 6.45) is 2.09. The summed E-state index contributed by atoms with van der Waals surface area (Å²) in [4.78, 5) is 0. The molecule has 0 heterocycles. The molecule has 0 amide bonds. The molecule has 4 heteroatoms. The molecule has 0 bridgehead atoms. The Morgan fingerprint density at radius 2 is 2.18 bits per heavy atom. The molecular formula is C13H19ClFNO. The Balaban J connectivity index is 2.96. The second-order valence-electron chi connectivity index (χ2n) is 4.52. The first-order chi connectivity index (χ1) is 8.06. The minimum absolute atomic E-state index is 0.0384. The molecule has 1 aromatic rings. The van der Waals surface area contributed by atoms with Gasteiger partial charge in [-0.2, -0.15) is 0 Å². The van der Waals surface area contributed by atoms with Crippen molar-refractivity contribution in [1.29, 1.82) is 0 Å². The van der Waals surface area contributed by atoms with Gasteiger partial charge in [0.25, 0.3) is 0 Å². The van der Waals surface area contributed by atoms with Gasteiger partial charge in [0.05, 0.1) is 6.61 Å². The van der Waals surface area contributed by atoms with Crippen LogP contribution in [0.3, 0.4) is 0 Å². The van der Waals surface area contributed by atoms with Gasteiger partial charge in [-0.15, -0.1) is 0 Å². The summed E-state index contributed by atoms with van der Waals surface area (Å²) in [5.74, 6) is -0.295. The first-order valence-electron chi connectivity index (χ1n) is 5.82. The van der Waals surface area contributed by atoms with E-state index >= 15 is 0 Å². The topological polar surface area (TPSA) is 46.2 Å². The minimum Gasteiger partial charge on any atom is -0.396 e. The van der Waals surface area contributed by atoms with Crippen molar-refractivity contribution in [2.75, 3.05) is 13.2 Å². The highest BCUT2D eigenvalue weighted by Gasteiger charge is 2.28. The van der Waals surface area contributed by atoms with E-state index in [9.17, 15) is 9.50 Å². The molecule has 1 atom stereocenters. The van der Waals surface area contributed by atoms with Gasteiger partial charge < -0.3 is 10.8 Å². The first kappa shape index (κ1) is 14.4. The molecule has 0 saturated heterocycles. The molecule has 96 valence electrons. The van der Waals surface area contributed by atoms with E-state index in [0.29, 0.717) is 23.6 Å². The predicted molar refractivity (Wildman–Crippen MR) is 68.6 cm³/mol. The quantitative estimate of drug-likeness (QED) is 0.825. The van der Waals surface area contributed by atoms with Gasteiger partial charge in [-0.1, -0.05) is 24.9 Å². The molecule has 0 saturated carbocycles. The van der Waals surface area contributed by atoms with Crippen LogP contribution in [0.4, 0.5) is 4.39 Å². The molecule has 17 heavy (non-hydrogen) atoms. The number of nitrogens with two attached hydrogens (primary N) is 1. The second-order valence-corrected chi connectivity index (χ2v) is 4.96. The number of hydrogen-bond acceptors (Lipinski definition) is 2. The summed E-state index contributed by atoms with van der Waals surface area (Å²) >= 11 is 5.85. The normalized spacial score (nSPS) is 14.6. The maximum Gasteiger partial charge on any atom is 0.126 e. The third-order valence-electron chi connectivity index (χ3n) is 3.12. The van der Waals surface area contributed by atoms with Crippen LogP contribution < -0.4 is 5.73 Å². The van der Waals surface area contributed by atoms with Gasteiger partial charge in [0, 0.05) is 17.0 Å². The molecule has 0 aromatic heterocycles. The summed E-state index contributed by atoms with van der Waals surface area (Å²) in [7, 11) is 0. The van der Waals surface area contributed by atoms with Gasteiger partial charge >= 0.3 is 0 Å². The average Bonchev–Trinajstić information content (AvgIpc) is 2.33. The fourth-order valence-electron chi connectivity index (χ4n) is 2.08. The molecule has 3 N–H and O–H groups in total. The molecule has 2 nitrogen and oxygen atoms in total. The van der Waals surface area contributed by atoms with Crippen molar-refractivity contribution in [3.05, 3.63) is 34.6 Å². The third kappa shape index (κ3) is 3.66. The fourth-order valence-corrected chi connectivity index (χ4v) is 2.27. The summed E-state index contributed by atoms with van der Waals surface area (Å²) in [5, 5.41) is 10.00. The van der Waals surface area contributed by atoms with Gasteiger partial charge in [-0.3, -0.25) is 0 Å². The van der Waals surface area contributed by atoms with E-state index < -0.39 is 5.41 Å². The number of halogens is 2. The standard InChI is InChI=1S/C13H19ClFNO/c1-2-5-13(8-16,9-17)7-10-6-11(14)3-4-12(10)15/h3-4,6,17H,2,5,7-9,16H2,1H3. The van der Waals surface area contributed by atoms with E-state index in [-0.39, 0.29) is 12.4 Å². The van der Waals surface area contributed by atoms with E-state index in [1.807, 2.05) is 6.92 Å². The lowest BCUT2D eigenvalue weighted by molar-refractivity contribution is 0.120. The highest BCUT2D eigenvalue weighted by Crippen LogP contribution is 2.29. The molecule has 1 aromatic carbocycles. The first-order valence-corrected chi connectivity index (χ1v) is 6.19. The van der Waals surface area contributed by atoms with Crippen LogP contribution in [-0.2, 0) is 6.42 Å². The van der Waals surface area contributed by atoms with E-state index in [2.05, 4.69) is 0 Å². The van der Waals surface area contributed by atoms with Crippen LogP contribution in [0.25, 0.3) is 0 Å². The Hall–Kier alpha value is -0.640. The average molecular weight is 260 g/mol. The maximum absolute atomic E-state index is 13.6. The van der Waals surface area contributed by atoms with E-state index in [1.165, 1.54) is 12.1 Å². The molecule has 1 unspecified atom stereocenters. The van der Waals surface area contributed by atoms with E-state index in [1.54, 1.807) is 6.07 Å². The molecular weight excluding hydrogens is 241 g/mol. The van der Waals surface area contributed by atoms with Gasteiger partial charge in [-0.25, -0.2) is 4.39 Å². The Bertz CT molecular complexity index is 366. The van der Waals surface area contributed by atoms with E-state index in [4.69, 9.17) is 17.3 Å². The van der Waals surface area contributed by atoms with Crippen molar-refractivity contribution in [2.45, 2.75) is 26.2 Å². The van der Waals surface area contributed by atoms with Crippen molar-refractivity contribution < 1.29 is 9.50 Å². The number of benzene rings is 1. The number of aliphatic hydroxyl groups is 1. The highest BCUT2D eigenvalue weighted by molar-refractivity contribution is 6.30. The summed E-state index contributed by atoms with van der Waals surface area (Å²) in [5.41, 5.74) is 5.80. The Labute approximate surface area is 107 Å². The second kappa shape index (κ2) is 6.34. The van der Waals surface area contributed by atoms with Crippen molar-refractivity contribution in [2.24, 2.45) is 11.1 Å². The third-order valence-corrected chi connectivity index (χ3v) is 3.36. The molecule has 0 spiro atoms. The van der Waals surface area contributed by atoms with E-state index in [0.717, 1.165) is 12.8 Å². The molecule has 0 fully saturated rings. The molecule has 0 aliphatic heterocycles. The lowest BCUT2D eigenvalue weighted by Gasteiger charge is -2.30. The molecule has 0 aliphatic carbocycles. The van der Waals surface area contributed by atoms with Gasteiger partial charge in [0.2, 0.25) is 0 Å². The molecule has 1 rings (SSSR count). The van der Waals surface area contributed by atoms with Crippen LogP contribution in [0.15, 0.2) is 18.2 Å². The Kier molecular flexibility index (Phi) is 5.37. The highest BCUT2D eigenvalue weighted by atomic mass is 35.5. The summed E-state index contributed by atoms with van der Waals surface area (Å²) in [6, 6.07) is 4.47. The van der Waals surface area contributed by atoms with Crippen molar-refractivity contribution >= 4 is 11.6 Å². The zero-order valence-electron chi connectivity index (χ0n) is 10.0. The fraction of sp³-hybridized carbons (Fsp3) is 0.538. The van der Waals surface area contributed by atoms with Crippen molar-refractivity contribution in [3.63, 3.8) is 0 Å². The Morgan fingerprint density at radius 3 is 2.71 bits per heavy atom. The van der Waals surface area contributed by atoms with Crippen LogP contribution in [-0.4, -0.2) is 18.3 Å². The zero-order chi connectivity index (χ0) is 12.9. The van der Waals surface area contributed by atoms with Crippen LogP contribution in [0.2, 0.25) is 5.02 Å². The Morgan fingerprint density at radius 1 is 1.47 bits per heavy atom. The van der Waals surface area contributed by atoms with Gasteiger partial charge in [0.1, 0.15) is 5.82 Å². The summed E-state index contributed by atoms with van der Waals surface area (Å²) < 4.78 is 13.6. The van der Waals surface area contributed by atoms with Gasteiger partial charge in [0.15, 0.2) is 0 Å². The maximum atomic E-state index is 13.6. The number of rotatable bonds is 6. The molecule has 0 radical (unpaired) electrons. The van der Waals surface area contributed by atoms with Crippen LogP contribution in [0.5, 0.6) is 0 Å². The number of aliphatic hydroxyl groups excluding tert-OH is 1. The predicted octanol–water partition coefficient (Wildman–Crippen LogP) is 2.76. The van der Waals surface area contributed by atoms with Crippen LogP contribution >= 0.6 is 11.6 Å². The van der Waals surface area contributed by atoms with Crippen molar-refractivity contribution in [1.82, 2.24) is 0 Å². The van der Waals surface area contributed by atoms with Crippen molar-refractivity contribution in [3.8, 4) is 0 Å². The smallest absolute Gasteiger partial charge is 0.126 e. The monoisotopic (exact) mass is 259 g/mol. The SMILES string of the molecule is CCCC(CN)(CO)Cc1cc(Cl)ccc1F.